The van der Waals surface area contributed by atoms with E-state index in [0.29, 0.717) is 19.6 Å². The molecular formula is C15H29Cl2N4NaO6. The van der Waals surface area contributed by atoms with Gasteiger partial charge in [0.1, 0.15) is 11.6 Å². The van der Waals surface area contributed by atoms with Crippen LogP contribution in [0.3, 0.4) is 0 Å². The van der Waals surface area contributed by atoms with E-state index >= 15 is 0 Å². The summed E-state index contributed by atoms with van der Waals surface area (Å²) in [7, 11) is 0. The number of carbonyl (C=O) groups is 3. The molecule has 2 heterocycles. The molecule has 0 aliphatic carbocycles. The summed E-state index contributed by atoms with van der Waals surface area (Å²) in [6, 6.07) is -1.21. The van der Waals surface area contributed by atoms with Crippen molar-refractivity contribution in [3.05, 3.63) is 0 Å². The number of ether oxygens (including phenoxy) is 1. The molecule has 2 atom stereocenters. The SMILES string of the molecule is CC(C)(C)OC(=O)N1CCN[C@@H](C(=O)[O-])C1.Cl.Cl.O=C(O)[C@H]1CNCCN1.[Na+]. The van der Waals surface area contributed by atoms with Crippen molar-refractivity contribution in [2.45, 2.75) is 38.5 Å². The Bertz CT molecular complexity index is 490. The van der Waals surface area contributed by atoms with Crippen LogP contribution in [0.25, 0.3) is 0 Å². The molecule has 0 aromatic rings. The van der Waals surface area contributed by atoms with Gasteiger partial charge in [-0.3, -0.25) is 4.79 Å². The molecule has 10 nitrogen and oxygen atoms in total. The van der Waals surface area contributed by atoms with E-state index in [9.17, 15) is 19.5 Å². The number of hydrogen-bond acceptors (Lipinski definition) is 8. The van der Waals surface area contributed by atoms with Gasteiger partial charge >= 0.3 is 41.6 Å². The average Bonchev–Trinajstić information content (AvgIpc) is 2.55. The first-order valence-corrected chi connectivity index (χ1v) is 8.19. The molecule has 0 aromatic heterocycles. The molecule has 2 saturated heterocycles. The Kier molecular flexibility index (Phi) is 17.9. The second kappa shape index (κ2) is 15.5. The van der Waals surface area contributed by atoms with Crippen molar-refractivity contribution in [1.82, 2.24) is 20.9 Å². The Morgan fingerprint density at radius 3 is 2.04 bits per heavy atom. The van der Waals surface area contributed by atoms with Crippen molar-refractivity contribution in [1.29, 1.82) is 0 Å². The molecule has 0 spiro atoms. The molecule has 1 amide bonds. The number of nitrogens with one attached hydrogen (secondary N) is 3. The number of carboxylic acids is 2. The number of carboxylic acid groups (broad SMARTS) is 2. The standard InChI is InChI=1S/C10H18N2O4.C5H10N2O2.2ClH.Na/c1-10(2,3)16-9(15)12-5-4-11-7(6-12)8(13)14;8-5(9)4-3-6-1-2-7-4;;;/h7,11H,4-6H2,1-3H3,(H,13,14);4,6-7H,1-3H2,(H,8,9);2*1H;/q;;;;+1/p-1/t7-;4-;;;/m11.../s1. The van der Waals surface area contributed by atoms with Crippen molar-refractivity contribution in [2.75, 3.05) is 39.3 Å². The molecule has 0 saturated carbocycles. The van der Waals surface area contributed by atoms with Crippen molar-refractivity contribution >= 4 is 42.8 Å². The molecule has 2 aliphatic heterocycles. The van der Waals surface area contributed by atoms with Gasteiger partial charge in [0.25, 0.3) is 0 Å². The third kappa shape index (κ3) is 13.0. The van der Waals surface area contributed by atoms with Crippen molar-refractivity contribution < 1.29 is 58.9 Å². The fourth-order valence-electron chi connectivity index (χ4n) is 2.23. The molecule has 0 radical (unpaired) electrons. The summed E-state index contributed by atoms with van der Waals surface area (Å²) in [5, 5.41) is 27.7. The molecular weight excluding hydrogens is 426 g/mol. The van der Waals surface area contributed by atoms with E-state index in [2.05, 4.69) is 16.0 Å². The number of piperazine rings is 2. The Labute approximate surface area is 199 Å². The van der Waals surface area contributed by atoms with Gasteiger partial charge in [0.05, 0.1) is 12.0 Å². The fourth-order valence-corrected chi connectivity index (χ4v) is 2.23. The number of rotatable bonds is 2. The van der Waals surface area contributed by atoms with E-state index in [0.717, 1.165) is 13.1 Å². The van der Waals surface area contributed by atoms with Crippen LogP contribution in [0.5, 0.6) is 0 Å². The third-order valence-electron chi connectivity index (χ3n) is 3.45. The number of halogens is 2. The Hall–Kier alpha value is -0.330. The smallest absolute Gasteiger partial charge is 0.548 e. The van der Waals surface area contributed by atoms with Crippen LogP contribution < -0.4 is 50.6 Å². The van der Waals surface area contributed by atoms with E-state index in [4.69, 9.17) is 9.84 Å². The second-order valence-electron chi connectivity index (χ2n) is 6.80. The monoisotopic (exact) mass is 454 g/mol. The normalized spacial score (nSPS) is 21.3. The Morgan fingerprint density at radius 2 is 1.64 bits per heavy atom. The number of nitrogens with zero attached hydrogens (tertiary/aromatic N) is 1. The van der Waals surface area contributed by atoms with Gasteiger partial charge in [0, 0.05) is 39.3 Å². The summed E-state index contributed by atoms with van der Waals surface area (Å²) in [6.45, 7) is 8.40. The van der Waals surface area contributed by atoms with Crippen LogP contribution in [0.15, 0.2) is 0 Å². The minimum atomic E-state index is -1.20. The first-order chi connectivity index (χ1) is 11.6. The molecule has 2 fully saturated rings. The second-order valence-corrected chi connectivity index (χ2v) is 6.80. The fraction of sp³-hybridized carbons (Fsp3) is 0.800. The van der Waals surface area contributed by atoms with E-state index in [1.165, 1.54) is 4.90 Å². The maximum Gasteiger partial charge on any atom is 1.00 e. The molecule has 4 N–H and O–H groups in total. The van der Waals surface area contributed by atoms with Gasteiger partial charge in [-0.25, -0.2) is 4.79 Å². The van der Waals surface area contributed by atoms with Crippen LogP contribution in [0.4, 0.5) is 4.79 Å². The van der Waals surface area contributed by atoms with Crippen LogP contribution >= 0.6 is 24.8 Å². The van der Waals surface area contributed by atoms with Crippen LogP contribution in [0.2, 0.25) is 0 Å². The summed E-state index contributed by atoms with van der Waals surface area (Å²) < 4.78 is 5.15. The van der Waals surface area contributed by atoms with Crippen molar-refractivity contribution in [3.63, 3.8) is 0 Å². The summed E-state index contributed by atoms with van der Waals surface area (Å²) in [6.07, 6.45) is -0.486. The first-order valence-electron chi connectivity index (χ1n) is 8.19. The Balaban J connectivity index is -0.000000452. The van der Waals surface area contributed by atoms with Gasteiger partial charge in [0.15, 0.2) is 0 Å². The molecule has 28 heavy (non-hydrogen) atoms. The summed E-state index contributed by atoms with van der Waals surface area (Å²) in [5.41, 5.74) is -0.571. The largest absolute Gasteiger partial charge is 1.00 e. The van der Waals surface area contributed by atoms with E-state index in [1.807, 2.05) is 0 Å². The summed E-state index contributed by atoms with van der Waals surface area (Å²) >= 11 is 0. The molecule has 0 bridgehead atoms. The molecule has 2 aliphatic rings. The molecule has 0 unspecified atom stereocenters. The number of carbonyl (C=O) groups excluding carboxylic acids is 2. The van der Waals surface area contributed by atoms with Crippen molar-refractivity contribution in [3.8, 4) is 0 Å². The Morgan fingerprint density at radius 1 is 1.07 bits per heavy atom. The van der Waals surface area contributed by atoms with Gasteiger partial charge < -0.3 is 40.6 Å². The predicted octanol–water partition coefficient (Wildman–Crippen LogP) is -4.57. The zero-order valence-corrected chi connectivity index (χ0v) is 20.3. The minimum absolute atomic E-state index is 0. The zero-order valence-electron chi connectivity index (χ0n) is 16.6. The molecule has 2 rings (SSSR count). The number of hydrogen-bond donors (Lipinski definition) is 4. The van der Waals surface area contributed by atoms with E-state index in [-0.39, 0.29) is 60.9 Å². The first kappa shape index (κ1) is 32.3. The van der Waals surface area contributed by atoms with Gasteiger partial charge in [-0.2, -0.15) is 0 Å². The quantitative estimate of drug-likeness (QED) is 0.303. The van der Waals surface area contributed by atoms with Crippen LogP contribution in [-0.4, -0.2) is 85.0 Å². The third-order valence-corrected chi connectivity index (χ3v) is 3.45. The summed E-state index contributed by atoms with van der Waals surface area (Å²) in [4.78, 5) is 33.9. The minimum Gasteiger partial charge on any atom is -0.548 e. The number of amides is 1. The van der Waals surface area contributed by atoms with Crippen LogP contribution in [0.1, 0.15) is 20.8 Å². The predicted molar refractivity (Wildman–Crippen MR) is 101 cm³/mol. The topological polar surface area (TPSA) is 143 Å². The van der Waals surface area contributed by atoms with Crippen LogP contribution in [0, 0.1) is 0 Å². The molecule has 13 heteroatoms. The van der Waals surface area contributed by atoms with Crippen molar-refractivity contribution in [2.24, 2.45) is 0 Å². The van der Waals surface area contributed by atoms with Gasteiger partial charge in [-0.15, -0.1) is 24.8 Å². The van der Waals surface area contributed by atoms with Gasteiger partial charge in [0.2, 0.25) is 0 Å². The maximum atomic E-state index is 11.6. The van der Waals surface area contributed by atoms with Gasteiger partial charge in [-0.1, -0.05) is 0 Å². The molecule has 160 valence electrons. The van der Waals surface area contributed by atoms with Crippen LogP contribution in [-0.2, 0) is 14.3 Å². The molecule has 0 aromatic carbocycles. The van der Waals surface area contributed by atoms with E-state index in [1.54, 1.807) is 20.8 Å². The van der Waals surface area contributed by atoms with E-state index < -0.39 is 35.7 Å². The summed E-state index contributed by atoms with van der Waals surface area (Å²) in [5.74, 6) is -1.98. The maximum absolute atomic E-state index is 11.6. The number of aliphatic carboxylic acids is 2. The zero-order chi connectivity index (χ0) is 19.0. The van der Waals surface area contributed by atoms with Gasteiger partial charge in [-0.05, 0) is 20.8 Å². The average molecular weight is 455 g/mol.